The van der Waals surface area contributed by atoms with Crippen LogP contribution in [0.5, 0.6) is 0 Å². The number of piperidine rings is 1. The molecule has 0 bridgehead atoms. The summed E-state index contributed by atoms with van der Waals surface area (Å²) in [4.78, 5) is 2.42. The molecule has 3 nitrogen and oxygen atoms in total. The number of hydrogen-bond acceptors (Lipinski definition) is 3. The molecule has 1 atom stereocenters. The first kappa shape index (κ1) is 13.9. The van der Waals surface area contributed by atoms with Crippen molar-refractivity contribution in [1.82, 2.24) is 10.2 Å². The third-order valence-electron chi connectivity index (χ3n) is 3.39. The van der Waals surface area contributed by atoms with Crippen molar-refractivity contribution in [2.24, 2.45) is 0 Å². The molecule has 16 heavy (non-hydrogen) atoms. The summed E-state index contributed by atoms with van der Waals surface area (Å²) in [6, 6.07) is 0.793. The van der Waals surface area contributed by atoms with E-state index in [0.29, 0.717) is 0 Å². The van der Waals surface area contributed by atoms with E-state index in [-0.39, 0.29) is 0 Å². The van der Waals surface area contributed by atoms with Gasteiger partial charge in [0.05, 0.1) is 0 Å². The number of rotatable bonds is 8. The van der Waals surface area contributed by atoms with Gasteiger partial charge in [-0.2, -0.15) is 0 Å². The van der Waals surface area contributed by atoms with Gasteiger partial charge in [0.25, 0.3) is 0 Å². The highest BCUT2D eigenvalue weighted by Crippen LogP contribution is 2.11. The van der Waals surface area contributed by atoms with Crippen molar-refractivity contribution in [3.63, 3.8) is 0 Å². The van der Waals surface area contributed by atoms with Crippen LogP contribution in [0.15, 0.2) is 0 Å². The van der Waals surface area contributed by atoms with E-state index in [0.717, 1.165) is 25.6 Å². The lowest BCUT2D eigenvalue weighted by atomic mass is 10.0. The van der Waals surface area contributed by atoms with Crippen LogP contribution in [0.1, 0.15) is 38.5 Å². The van der Waals surface area contributed by atoms with Gasteiger partial charge in [-0.3, -0.25) is 0 Å². The Labute approximate surface area is 101 Å². The molecule has 0 aromatic heterocycles. The highest BCUT2D eigenvalue weighted by atomic mass is 16.5. The first-order valence-electron chi connectivity index (χ1n) is 6.74. The molecule has 3 heteroatoms. The predicted octanol–water partition coefficient (Wildman–Crippen LogP) is 1.88. The maximum atomic E-state index is 5.06. The largest absolute Gasteiger partial charge is 0.385 e. The van der Waals surface area contributed by atoms with Gasteiger partial charge in [-0.15, -0.1) is 0 Å². The molecule has 1 fully saturated rings. The molecule has 0 aromatic rings. The van der Waals surface area contributed by atoms with Gasteiger partial charge < -0.3 is 15.0 Å². The van der Waals surface area contributed by atoms with Gasteiger partial charge in [0.2, 0.25) is 0 Å². The first-order valence-corrected chi connectivity index (χ1v) is 6.74. The van der Waals surface area contributed by atoms with E-state index < -0.39 is 0 Å². The Morgan fingerprint density at radius 3 is 2.75 bits per heavy atom. The van der Waals surface area contributed by atoms with Crippen LogP contribution in [0.3, 0.4) is 0 Å². The van der Waals surface area contributed by atoms with Crippen LogP contribution in [-0.4, -0.2) is 51.3 Å². The quantitative estimate of drug-likeness (QED) is 0.642. The Morgan fingerprint density at radius 1 is 1.25 bits per heavy atom. The summed E-state index contributed by atoms with van der Waals surface area (Å²) in [6.45, 7) is 4.50. The van der Waals surface area contributed by atoms with E-state index in [4.69, 9.17) is 4.74 Å². The van der Waals surface area contributed by atoms with Gasteiger partial charge >= 0.3 is 0 Å². The first-order chi connectivity index (χ1) is 7.83. The van der Waals surface area contributed by atoms with Crippen molar-refractivity contribution in [3.8, 4) is 0 Å². The average molecular weight is 228 g/mol. The van der Waals surface area contributed by atoms with Crippen molar-refractivity contribution < 1.29 is 4.74 Å². The van der Waals surface area contributed by atoms with Gasteiger partial charge in [0, 0.05) is 26.3 Å². The van der Waals surface area contributed by atoms with Crippen molar-refractivity contribution in [3.05, 3.63) is 0 Å². The van der Waals surface area contributed by atoms with E-state index in [2.05, 4.69) is 17.3 Å². The zero-order chi connectivity index (χ0) is 11.6. The normalized spacial score (nSPS) is 21.6. The van der Waals surface area contributed by atoms with Crippen molar-refractivity contribution >= 4 is 0 Å². The minimum absolute atomic E-state index is 0.793. The molecule has 96 valence electrons. The van der Waals surface area contributed by atoms with Crippen LogP contribution in [0.2, 0.25) is 0 Å². The zero-order valence-electron chi connectivity index (χ0n) is 11.0. The Morgan fingerprint density at radius 2 is 2.06 bits per heavy atom. The SMILES string of the molecule is COCCCN(C)CCCC1CCCCN1. The molecule has 0 saturated carbocycles. The second-order valence-electron chi connectivity index (χ2n) is 4.94. The van der Waals surface area contributed by atoms with Crippen LogP contribution < -0.4 is 5.32 Å². The fraction of sp³-hybridized carbons (Fsp3) is 1.00. The van der Waals surface area contributed by atoms with E-state index in [1.807, 2.05) is 0 Å². The van der Waals surface area contributed by atoms with Gasteiger partial charge in [0.1, 0.15) is 0 Å². The van der Waals surface area contributed by atoms with Crippen LogP contribution in [-0.2, 0) is 4.74 Å². The van der Waals surface area contributed by atoms with Gasteiger partial charge in [0.15, 0.2) is 0 Å². The molecule has 1 heterocycles. The monoisotopic (exact) mass is 228 g/mol. The highest BCUT2D eigenvalue weighted by molar-refractivity contribution is 4.72. The smallest absolute Gasteiger partial charge is 0.0474 e. The molecular weight excluding hydrogens is 200 g/mol. The predicted molar refractivity (Wildman–Crippen MR) is 68.9 cm³/mol. The number of hydrogen-bond donors (Lipinski definition) is 1. The van der Waals surface area contributed by atoms with E-state index in [1.54, 1.807) is 7.11 Å². The zero-order valence-corrected chi connectivity index (χ0v) is 11.0. The van der Waals surface area contributed by atoms with Crippen LogP contribution in [0.25, 0.3) is 0 Å². The summed E-state index contributed by atoms with van der Waals surface area (Å²) in [6.07, 6.45) is 7.98. The topological polar surface area (TPSA) is 24.5 Å². The number of nitrogens with zero attached hydrogens (tertiary/aromatic N) is 1. The lowest BCUT2D eigenvalue weighted by Crippen LogP contribution is -2.34. The summed E-state index contributed by atoms with van der Waals surface area (Å²) in [7, 11) is 3.98. The maximum Gasteiger partial charge on any atom is 0.0474 e. The highest BCUT2D eigenvalue weighted by Gasteiger charge is 2.11. The van der Waals surface area contributed by atoms with Crippen LogP contribution in [0, 0.1) is 0 Å². The van der Waals surface area contributed by atoms with Crippen molar-refractivity contribution in [2.75, 3.05) is 40.4 Å². The number of methoxy groups -OCH3 is 1. The molecular formula is C13H28N2O. The van der Waals surface area contributed by atoms with Gasteiger partial charge in [-0.05, 0) is 52.2 Å². The van der Waals surface area contributed by atoms with E-state index in [9.17, 15) is 0 Å². The standard InChI is InChI=1S/C13H28N2O/c1-15(11-6-12-16-2)10-5-8-13-7-3-4-9-14-13/h13-14H,3-12H2,1-2H3. The number of nitrogens with one attached hydrogen (secondary N) is 1. The lowest BCUT2D eigenvalue weighted by Gasteiger charge is -2.24. The number of ether oxygens (including phenoxy) is 1. The molecule has 0 aromatic carbocycles. The van der Waals surface area contributed by atoms with E-state index in [1.165, 1.54) is 45.2 Å². The summed E-state index contributed by atoms with van der Waals surface area (Å²) in [5.74, 6) is 0. The Bertz CT molecular complexity index is 158. The molecule has 1 aliphatic heterocycles. The van der Waals surface area contributed by atoms with E-state index >= 15 is 0 Å². The minimum Gasteiger partial charge on any atom is -0.385 e. The molecule has 1 saturated heterocycles. The third kappa shape index (κ3) is 6.46. The molecule has 0 radical (unpaired) electrons. The van der Waals surface area contributed by atoms with Crippen molar-refractivity contribution in [2.45, 2.75) is 44.6 Å². The molecule has 1 N–H and O–H groups in total. The van der Waals surface area contributed by atoms with Gasteiger partial charge in [-0.25, -0.2) is 0 Å². The van der Waals surface area contributed by atoms with Gasteiger partial charge in [-0.1, -0.05) is 6.42 Å². The Hall–Kier alpha value is -0.120. The molecule has 1 aliphatic rings. The van der Waals surface area contributed by atoms with Crippen LogP contribution in [0.4, 0.5) is 0 Å². The molecule has 1 rings (SSSR count). The molecule has 0 aliphatic carbocycles. The Balaban J connectivity index is 1.92. The second kappa shape index (κ2) is 8.97. The molecule has 0 amide bonds. The summed E-state index contributed by atoms with van der Waals surface area (Å²) in [5.41, 5.74) is 0. The molecule has 1 unspecified atom stereocenters. The average Bonchev–Trinajstić information content (AvgIpc) is 2.31. The second-order valence-corrected chi connectivity index (χ2v) is 4.94. The summed E-state index contributed by atoms with van der Waals surface area (Å²) >= 11 is 0. The fourth-order valence-corrected chi connectivity index (χ4v) is 2.37. The fourth-order valence-electron chi connectivity index (χ4n) is 2.37. The van der Waals surface area contributed by atoms with Crippen LogP contribution >= 0.6 is 0 Å². The minimum atomic E-state index is 0.793. The lowest BCUT2D eigenvalue weighted by molar-refractivity contribution is 0.178. The summed E-state index contributed by atoms with van der Waals surface area (Å²) < 4.78 is 5.06. The third-order valence-corrected chi connectivity index (χ3v) is 3.39. The van der Waals surface area contributed by atoms with Crippen molar-refractivity contribution in [1.29, 1.82) is 0 Å². The summed E-state index contributed by atoms with van der Waals surface area (Å²) in [5, 5.41) is 3.61. The Kier molecular flexibility index (Phi) is 7.81. The molecule has 0 spiro atoms. The maximum absolute atomic E-state index is 5.06.